The van der Waals surface area contributed by atoms with Gasteiger partial charge in [-0.05, 0) is 62.0 Å². The summed E-state index contributed by atoms with van der Waals surface area (Å²) in [5.41, 5.74) is 2.69. The van der Waals surface area contributed by atoms with Crippen molar-refractivity contribution in [1.29, 1.82) is 0 Å². The first-order valence-electron chi connectivity index (χ1n) is 9.49. The molecule has 2 N–H and O–H groups in total. The highest BCUT2D eigenvalue weighted by Crippen LogP contribution is 2.27. The van der Waals surface area contributed by atoms with Crippen molar-refractivity contribution in [2.24, 2.45) is 0 Å². The molecule has 2 aromatic carbocycles. The third kappa shape index (κ3) is 7.46. The first-order chi connectivity index (χ1) is 12.8. The molecule has 0 aliphatic heterocycles. The van der Waals surface area contributed by atoms with Gasteiger partial charge in [-0.3, -0.25) is 0 Å². The van der Waals surface area contributed by atoms with E-state index >= 15 is 0 Å². The van der Waals surface area contributed by atoms with E-state index in [9.17, 15) is 0 Å². The zero-order valence-electron chi connectivity index (χ0n) is 16.1. The maximum absolute atomic E-state index is 5.34. The van der Waals surface area contributed by atoms with Crippen LogP contribution in [-0.4, -0.2) is 40.4 Å². The number of nitrogens with one attached hydrogen (secondary N) is 2. The first-order valence-corrected chi connectivity index (χ1v) is 9.49. The van der Waals surface area contributed by atoms with Gasteiger partial charge >= 0.3 is 0 Å². The van der Waals surface area contributed by atoms with Crippen LogP contribution in [0.4, 0.5) is 0 Å². The maximum Gasteiger partial charge on any atom is 0.160 e. The van der Waals surface area contributed by atoms with Crippen molar-refractivity contribution < 1.29 is 9.47 Å². The van der Waals surface area contributed by atoms with Crippen molar-refractivity contribution in [3.8, 4) is 11.5 Å². The van der Waals surface area contributed by atoms with E-state index in [1.807, 2.05) is 12.1 Å². The number of ether oxygens (including phenoxy) is 2. The Kier molecular flexibility index (Phi) is 9.62. The molecule has 4 heteroatoms. The standard InChI is InChI=1S/C22H32N2O2/c1-25-21-12-11-20(18-22(21)26-2)13-15-24-17-16-23-14-7-6-10-19-8-4-3-5-9-19/h3-5,8-9,11-12,18,23-24H,6-7,10,13-17H2,1-2H3. The molecule has 0 heterocycles. The van der Waals surface area contributed by atoms with Gasteiger partial charge in [-0.1, -0.05) is 36.4 Å². The average Bonchev–Trinajstić information content (AvgIpc) is 2.70. The van der Waals surface area contributed by atoms with E-state index in [0.29, 0.717) is 0 Å². The normalized spacial score (nSPS) is 10.7. The molecule has 0 saturated carbocycles. The quantitative estimate of drug-likeness (QED) is 0.540. The minimum absolute atomic E-state index is 0.778. The third-order valence-corrected chi connectivity index (χ3v) is 4.43. The van der Waals surface area contributed by atoms with E-state index in [1.54, 1.807) is 14.2 Å². The Morgan fingerprint density at radius 3 is 2.12 bits per heavy atom. The summed E-state index contributed by atoms with van der Waals surface area (Å²) in [7, 11) is 3.33. The Bertz CT molecular complexity index is 617. The summed E-state index contributed by atoms with van der Waals surface area (Å²) in [6, 6.07) is 16.8. The van der Waals surface area contributed by atoms with Crippen LogP contribution in [0.15, 0.2) is 48.5 Å². The molecule has 26 heavy (non-hydrogen) atoms. The number of methoxy groups -OCH3 is 2. The second-order valence-electron chi connectivity index (χ2n) is 6.38. The van der Waals surface area contributed by atoms with Crippen molar-refractivity contribution in [3.05, 3.63) is 59.7 Å². The highest BCUT2D eigenvalue weighted by Gasteiger charge is 2.04. The predicted molar refractivity (Wildman–Crippen MR) is 108 cm³/mol. The molecule has 0 amide bonds. The van der Waals surface area contributed by atoms with Gasteiger partial charge in [0.15, 0.2) is 11.5 Å². The van der Waals surface area contributed by atoms with Crippen molar-refractivity contribution in [1.82, 2.24) is 10.6 Å². The number of hydrogen-bond donors (Lipinski definition) is 2. The molecular formula is C22H32N2O2. The highest BCUT2D eigenvalue weighted by molar-refractivity contribution is 5.42. The van der Waals surface area contributed by atoms with Gasteiger partial charge in [0, 0.05) is 13.1 Å². The Hall–Kier alpha value is -2.04. The van der Waals surface area contributed by atoms with Crippen LogP contribution in [0.5, 0.6) is 11.5 Å². The lowest BCUT2D eigenvalue weighted by Gasteiger charge is -2.10. The maximum atomic E-state index is 5.34. The molecule has 142 valence electrons. The lowest BCUT2D eigenvalue weighted by molar-refractivity contribution is 0.354. The number of benzene rings is 2. The molecule has 0 aliphatic carbocycles. The minimum atomic E-state index is 0.778. The SMILES string of the molecule is COc1ccc(CCNCCNCCCCc2ccccc2)cc1OC. The van der Waals surface area contributed by atoms with Gasteiger partial charge in [-0.2, -0.15) is 0 Å². The second kappa shape index (κ2) is 12.3. The molecule has 0 radical (unpaired) electrons. The van der Waals surface area contributed by atoms with Crippen LogP contribution in [0.2, 0.25) is 0 Å². The zero-order chi connectivity index (χ0) is 18.5. The van der Waals surface area contributed by atoms with E-state index in [2.05, 4.69) is 47.0 Å². The molecule has 2 rings (SSSR count). The molecule has 0 fully saturated rings. The molecule has 0 saturated heterocycles. The topological polar surface area (TPSA) is 42.5 Å². The Morgan fingerprint density at radius 1 is 0.654 bits per heavy atom. The van der Waals surface area contributed by atoms with Gasteiger partial charge in [-0.15, -0.1) is 0 Å². The van der Waals surface area contributed by atoms with Crippen molar-refractivity contribution in [2.45, 2.75) is 25.7 Å². The van der Waals surface area contributed by atoms with E-state index in [-0.39, 0.29) is 0 Å². The molecule has 4 nitrogen and oxygen atoms in total. The fourth-order valence-corrected chi connectivity index (χ4v) is 2.92. The zero-order valence-corrected chi connectivity index (χ0v) is 16.1. The first kappa shape index (κ1) is 20.3. The summed E-state index contributed by atoms with van der Waals surface area (Å²) in [5.74, 6) is 1.57. The smallest absolute Gasteiger partial charge is 0.160 e. The summed E-state index contributed by atoms with van der Waals surface area (Å²) in [4.78, 5) is 0. The van der Waals surface area contributed by atoms with Gasteiger partial charge in [0.05, 0.1) is 14.2 Å². The summed E-state index contributed by atoms with van der Waals surface area (Å²) in [6.45, 7) is 4.05. The summed E-state index contributed by atoms with van der Waals surface area (Å²) < 4.78 is 10.6. The van der Waals surface area contributed by atoms with E-state index < -0.39 is 0 Å². The van der Waals surface area contributed by atoms with Crippen LogP contribution in [-0.2, 0) is 12.8 Å². The molecule has 0 aromatic heterocycles. The van der Waals surface area contributed by atoms with E-state index in [1.165, 1.54) is 30.4 Å². The second-order valence-corrected chi connectivity index (χ2v) is 6.38. The van der Waals surface area contributed by atoms with E-state index in [4.69, 9.17) is 9.47 Å². The monoisotopic (exact) mass is 356 g/mol. The van der Waals surface area contributed by atoms with Crippen LogP contribution in [0, 0.1) is 0 Å². The van der Waals surface area contributed by atoms with Gasteiger partial charge in [0.2, 0.25) is 0 Å². The van der Waals surface area contributed by atoms with Crippen molar-refractivity contribution in [2.75, 3.05) is 40.4 Å². The van der Waals surface area contributed by atoms with Crippen molar-refractivity contribution in [3.63, 3.8) is 0 Å². The summed E-state index contributed by atoms with van der Waals surface area (Å²) in [5, 5.41) is 6.99. The molecule has 0 spiro atoms. The van der Waals surface area contributed by atoms with Gasteiger partial charge in [0.1, 0.15) is 0 Å². The number of rotatable bonds is 13. The van der Waals surface area contributed by atoms with Crippen LogP contribution < -0.4 is 20.1 Å². The molecular weight excluding hydrogens is 324 g/mol. The van der Waals surface area contributed by atoms with E-state index in [0.717, 1.165) is 44.1 Å². The minimum Gasteiger partial charge on any atom is -0.493 e. The van der Waals surface area contributed by atoms with Gasteiger partial charge < -0.3 is 20.1 Å². The molecule has 0 aliphatic rings. The lowest BCUT2D eigenvalue weighted by atomic mass is 10.1. The Morgan fingerprint density at radius 2 is 1.38 bits per heavy atom. The fraction of sp³-hybridized carbons (Fsp3) is 0.455. The van der Waals surface area contributed by atoms with Crippen LogP contribution >= 0.6 is 0 Å². The van der Waals surface area contributed by atoms with Gasteiger partial charge in [-0.25, -0.2) is 0 Å². The van der Waals surface area contributed by atoms with Crippen LogP contribution in [0.25, 0.3) is 0 Å². The lowest BCUT2D eigenvalue weighted by Crippen LogP contribution is -2.29. The fourth-order valence-electron chi connectivity index (χ4n) is 2.92. The number of hydrogen-bond acceptors (Lipinski definition) is 4. The Balaban J connectivity index is 1.47. The predicted octanol–water partition coefficient (Wildman–Crippen LogP) is 3.45. The molecule has 0 unspecified atom stereocenters. The largest absolute Gasteiger partial charge is 0.493 e. The molecule has 2 aromatic rings. The third-order valence-electron chi connectivity index (χ3n) is 4.43. The van der Waals surface area contributed by atoms with Gasteiger partial charge in [0.25, 0.3) is 0 Å². The van der Waals surface area contributed by atoms with Crippen molar-refractivity contribution >= 4 is 0 Å². The number of aryl methyl sites for hydroxylation is 1. The molecule has 0 bridgehead atoms. The number of unbranched alkanes of at least 4 members (excludes halogenated alkanes) is 1. The summed E-state index contributed by atoms with van der Waals surface area (Å²) >= 11 is 0. The molecule has 0 atom stereocenters. The Labute approximate surface area is 157 Å². The average molecular weight is 357 g/mol. The summed E-state index contributed by atoms with van der Waals surface area (Å²) in [6.07, 6.45) is 4.62. The van der Waals surface area contributed by atoms with Crippen LogP contribution in [0.3, 0.4) is 0 Å². The highest BCUT2D eigenvalue weighted by atomic mass is 16.5. The van der Waals surface area contributed by atoms with Crippen LogP contribution in [0.1, 0.15) is 24.0 Å².